The van der Waals surface area contributed by atoms with Crippen LogP contribution in [0.2, 0.25) is 5.02 Å². The molecule has 2 aromatic rings. The highest BCUT2D eigenvalue weighted by Gasteiger charge is 2.50. The molecule has 49 heavy (non-hydrogen) atoms. The standard InChI is InChI=1S/C36H47ClN4O7S/c1-34(2,3)48-33(44)39-18-15-36(16-19-39)25-47-20-7-6-17-41(28-13-11-27(37)12-14-28)49(45,46)30-10-8-9-26(21-30)31(42)38-23-29-22-35(4,5)24-40(29)32(36)43/h6-14,21,29H,15-20,22-25H2,1-5H3,(H,38,42)/b7-6+. The van der Waals surface area contributed by atoms with Crippen LogP contribution < -0.4 is 9.62 Å². The number of nitrogens with zero attached hydrogens (tertiary/aromatic N) is 3. The normalized spacial score (nSPS) is 23.6. The van der Waals surface area contributed by atoms with Gasteiger partial charge in [0.15, 0.2) is 0 Å². The van der Waals surface area contributed by atoms with E-state index >= 15 is 0 Å². The van der Waals surface area contributed by atoms with E-state index in [9.17, 15) is 22.8 Å². The molecule has 0 radical (unpaired) electrons. The molecule has 3 aliphatic rings. The minimum Gasteiger partial charge on any atom is -0.444 e. The van der Waals surface area contributed by atoms with Gasteiger partial charge in [-0.1, -0.05) is 43.7 Å². The van der Waals surface area contributed by atoms with Gasteiger partial charge in [-0.3, -0.25) is 13.9 Å². The fourth-order valence-electron chi connectivity index (χ4n) is 6.74. The lowest BCUT2D eigenvalue weighted by Crippen LogP contribution is -2.56. The first-order valence-corrected chi connectivity index (χ1v) is 18.5. The highest BCUT2D eigenvalue weighted by atomic mass is 35.5. The lowest BCUT2D eigenvalue weighted by Gasteiger charge is -2.43. The number of carbonyl (C=O) groups is 3. The third kappa shape index (κ3) is 8.59. The molecule has 2 bridgehead atoms. The van der Waals surface area contributed by atoms with Crippen LogP contribution in [0.15, 0.2) is 65.6 Å². The van der Waals surface area contributed by atoms with Crippen LogP contribution in [0.4, 0.5) is 10.5 Å². The Morgan fingerprint density at radius 1 is 1.04 bits per heavy atom. The molecule has 0 aliphatic carbocycles. The molecule has 2 fully saturated rings. The molecular formula is C36H47ClN4O7S. The van der Waals surface area contributed by atoms with Crippen molar-refractivity contribution in [2.75, 3.05) is 50.2 Å². The number of likely N-dealkylation sites (tertiary alicyclic amines) is 1. The van der Waals surface area contributed by atoms with Crippen LogP contribution in [0.5, 0.6) is 0 Å². The number of rotatable bonds is 1. The molecule has 13 heteroatoms. The van der Waals surface area contributed by atoms with Crippen molar-refractivity contribution in [2.24, 2.45) is 10.8 Å². The van der Waals surface area contributed by atoms with Gasteiger partial charge < -0.3 is 24.6 Å². The van der Waals surface area contributed by atoms with Crippen molar-refractivity contribution < 1.29 is 32.3 Å². The highest BCUT2D eigenvalue weighted by Crippen LogP contribution is 2.41. The summed E-state index contributed by atoms with van der Waals surface area (Å²) in [5.41, 5.74) is -1.12. The quantitative estimate of drug-likeness (QED) is 0.387. The Balaban J connectivity index is 1.46. The van der Waals surface area contributed by atoms with Crippen molar-refractivity contribution in [3.05, 3.63) is 71.3 Å². The number of benzene rings is 2. The van der Waals surface area contributed by atoms with E-state index in [1.54, 1.807) is 53.5 Å². The SMILES string of the molecule is CC1(C)CC2CNC(=O)c3cccc(c3)S(=O)(=O)N(c3ccc(Cl)cc3)C/C=C/COCC3(CCN(C(=O)OC(C)(C)C)CC3)C(=O)N2C1. The van der Waals surface area contributed by atoms with E-state index in [0.717, 1.165) is 0 Å². The number of ether oxygens (including phenoxy) is 2. The van der Waals surface area contributed by atoms with Crippen molar-refractivity contribution in [3.63, 3.8) is 0 Å². The fraction of sp³-hybridized carbons (Fsp3) is 0.528. The van der Waals surface area contributed by atoms with Crippen LogP contribution in [0.25, 0.3) is 0 Å². The molecule has 3 heterocycles. The number of halogens is 1. The van der Waals surface area contributed by atoms with Crippen molar-refractivity contribution in [1.29, 1.82) is 0 Å². The van der Waals surface area contributed by atoms with Crippen LogP contribution >= 0.6 is 11.6 Å². The van der Waals surface area contributed by atoms with Crippen molar-refractivity contribution in [2.45, 2.75) is 70.4 Å². The van der Waals surface area contributed by atoms with Gasteiger partial charge in [0.2, 0.25) is 5.91 Å². The largest absolute Gasteiger partial charge is 0.444 e. The summed E-state index contributed by atoms with van der Waals surface area (Å²) >= 11 is 6.10. The molecule has 0 saturated carbocycles. The van der Waals surface area contributed by atoms with E-state index in [0.29, 0.717) is 49.6 Å². The van der Waals surface area contributed by atoms with Gasteiger partial charge in [0, 0.05) is 42.8 Å². The topological polar surface area (TPSA) is 126 Å². The van der Waals surface area contributed by atoms with E-state index in [4.69, 9.17) is 21.1 Å². The van der Waals surface area contributed by atoms with Crippen molar-refractivity contribution in [3.8, 4) is 0 Å². The number of hydrogen-bond acceptors (Lipinski definition) is 7. The number of nitrogens with one attached hydrogen (secondary N) is 1. The monoisotopic (exact) mass is 714 g/mol. The number of amides is 3. The average Bonchev–Trinajstić information content (AvgIpc) is 3.36. The average molecular weight is 715 g/mol. The Bertz CT molecular complexity index is 1680. The maximum Gasteiger partial charge on any atom is 0.410 e. The summed E-state index contributed by atoms with van der Waals surface area (Å²) in [6, 6.07) is 12.2. The first kappa shape index (κ1) is 36.7. The number of piperidine rings is 1. The molecule has 2 saturated heterocycles. The second kappa shape index (κ2) is 14.3. The Labute approximate surface area is 294 Å². The van der Waals surface area contributed by atoms with Crippen molar-refractivity contribution in [1.82, 2.24) is 15.1 Å². The molecule has 11 nitrogen and oxygen atoms in total. The Kier molecular flexibility index (Phi) is 10.7. The molecule has 0 aromatic heterocycles. The van der Waals surface area contributed by atoms with Crippen LogP contribution in [-0.2, 0) is 24.3 Å². The molecule has 1 spiro atoms. The van der Waals surface area contributed by atoms with Crippen LogP contribution in [-0.4, -0.2) is 93.7 Å². The summed E-state index contributed by atoms with van der Waals surface area (Å²) in [6.07, 6.45) is 4.48. The van der Waals surface area contributed by atoms with Gasteiger partial charge in [0.1, 0.15) is 5.60 Å². The van der Waals surface area contributed by atoms with Gasteiger partial charge in [-0.05, 0) is 87.9 Å². The minimum absolute atomic E-state index is 0.0107. The second-order valence-corrected chi connectivity index (χ2v) is 17.2. The lowest BCUT2D eigenvalue weighted by molar-refractivity contribution is -0.151. The van der Waals surface area contributed by atoms with E-state index < -0.39 is 33.0 Å². The molecule has 5 rings (SSSR count). The third-order valence-corrected chi connectivity index (χ3v) is 11.3. The number of fused-ring (bicyclic) bond motifs is 3. The fourth-order valence-corrected chi connectivity index (χ4v) is 8.33. The van der Waals surface area contributed by atoms with Gasteiger partial charge in [0.05, 0.1) is 35.8 Å². The van der Waals surface area contributed by atoms with Crippen LogP contribution in [0.1, 0.15) is 64.2 Å². The summed E-state index contributed by atoms with van der Waals surface area (Å²) in [5.74, 6) is -0.481. The number of carbonyl (C=O) groups excluding carboxylic acids is 3. The number of hydrogen-bond donors (Lipinski definition) is 1. The van der Waals surface area contributed by atoms with Gasteiger partial charge in [-0.15, -0.1) is 0 Å². The number of sulfonamides is 1. The van der Waals surface area contributed by atoms with Gasteiger partial charge in [-0.25, -0.2) is 13.2 Å². The zero-order valence-electron chi connectivity index (χ0n) is 28.9. The molecule has 3 amide bonds. The molecule has 1 atom stereocenters. The zero-order chi connectivity index (χ0) is 35.6. The van der Waals surface area contributed by atoms with E-state index in [1.807, 2.05) is 25.7 Å². The summed E-state index contributed by atoms with van der Waals surface area (Å²) in [4.78, 5) is 44.5. The van der Waals surface area contributed by atoms with E-state index in [1.165, 1.54) is 16.4 Å². The van der Waals surface area contributed by atoms with E-state index in [2.05, 4.69) is 19.2 Å². The first-order valence-electron chi connectivity index (χ1n) is 16.7. The molecule has 266 valence electrons. The Hall–Kier alpha value is -3.61. The molecule has 2 aromatic carbocycles. The van der Waals surface area contributed by atoms with Crippen LogP contribution in [0.3, 0.4) is 0 Å². The zero-order valence-corrected chi connectivity index (χ0v) is 30.5. The summed E-state index contributed by atoms with van der Waals surface area (Å²) in [7, 11) is -4.09. The summed E-state index contributed by atoms with van der Waals surface area (Å²) in [5, 5.41) is 3.44. The summed E-state index contributed by atoms with van der Waals surface area (Å²) in [6.45, 7) is 11.3. The van der Waals surface area contributed by atoms with Crippen LogP contribution in [0, 0.1) is 10.8 Å². The van der Waals surface area contributed by atoms with E-state index in [-0.39, 0.29) is 54.1 Å². The maximum absolute atomic E-state index is 14.6. The Morgan fingerprint density at radius 2 is 1.73 bits per heavy atom. The minimum atomic E-state index is -4.09. The first-order chi connectivity index (χ1) is 23.0. The molecule has 1 unspecified atom stereocenters. The summed E-state index contributed by atoms with van der Waals surface area (Å²) < 4.78 is 41.0. The maximum atomic E-state index is 14.6. The predicted molar refractivity (Wildman–Crippen MR) is 188 cm³/mol. The molecule has 3 aliphatic heterocycles. The third-order valence-electron chi connectivity index (χ3n) is 9.24. The predicted octanol–water partition coefficient (Wildman–Crippen LogP) is 5.50. The highest BCUT2D eigenvalue weighted by molar-refractivity contribution is 7.92. The molecular weight excluding hydrogens is 668 g/mol. The van der Waals surface area contributed by atoms with Gasteiger partial charge in [0.25, 0.3) is 15.9 Å². The second-order valence-electron chi connectivity index (χ2n) is 14.9. The van der Waals surface area contributed by atoms with Crippen molar-refractivity contribution >= 4 is 45.2 Å². The van der Waals surface area contributed by atoms with Gasteiger partial charge in [-0.2, -0.15) is 0 Å². The lowest BCUT2D eigenvalue weighted by atomic mass is 9.77. The smallest absolute Gasteiger partial charge is 0.410 e. The van der Waals surface area contributed by atoms with Gasteiger partial charge >= 0.3 is 6.09 Å². The molecule has 1 N–H and O–H groups in total. The Morgan fingerprint density at radius 3 is 2.41 bits per heavy atom. The number of anilines is 1.